The summed E-state index contributed by atoms with van der Waals surface area (Å²) in [6.45, 7) is 0. The predicted molar refractivity (Wildman–Crippen MR) is 72.9 cm³/mol. The van der Waals surface area contributed by atoms with E-state index in [0.717, 1.165) is 25.3 Å². The maximum Gasteiger partial charge on any atom is 0.416 e. The van der Waals surface area contributed by atoms with Crippen LogP contribution in [-0.2, 0) is 6.18 Å². The number of halogens is 4. The van der Waals surface area contributed by atoms with Gasteiger partial charge in [0.05, 0.1) is 11.6 Å². The van der Waals surface area contributed by atoms with E-state index in [1.54, 1.807) is 7.05 Å². The molecule has 1 atom stereocenters. The lowest BCUT2D eigenvalue weighted by atomic mass is 9.96. The number of hydrogen-bond acceptors (Lipinski definition) is 1. The molecular formula is C14H15BrF3N. The van der Waals surface area contributed by atoms with E-state index in [0.29, 0.717) is 10.0 Å². The lowest BCUT2D eigenvalue weighted by Crippen LogP contribution is -2.19. The van der Waals surface area contributed by atoms with E-state index in [9.17, 15) is 13.2 Å². The fraction of sp³-hybridized carbons (Fsp3) is 0.429. The summed E-state index contributed by atoms with van der Waals surface area (Å²) in [7, 11) is 1.77. The lowest BCUT2D eigenvalue weighted by Gasteiger charge is -2.21. The molecule has 1 aliphatic carbocycles. The standard InChI is InChI=1S/C14H15BrF3N/c1-19-13(9-4-2-3-5-9)11-8-10(14(16,17)18)6-7-12(11)15/h4,6-8,13,19H,2-3,5H2,1H3. The maximum atomic E-state index is 12.8. The molecule has 0 saturated heterocycles. The molecule has 5 heteroatoms. The highest BCUT2D eigenvalue weighted by Gasteiger charge is 2.32. The van der Waals surface area contributed by atoms with E-state index in [1.807, 2.05) is 0 Å². The summed E-state index contributed by atoms with van der Waals surface area (Å²) in [4.78, 5) is 0. The molecule has 2 rings (SSSR count). The van der Waals surface area contributed by atoms with Gasteiger partial charge in [-0.15, -0.1) is 0 Å². The van der Waals surface area contributed by atoms with Crippen molar-refractivity contribution in [3.05, 3.63) is 45.4 Å². The molecule has 0 radical (unpaired) electrons. The van der Waals surface area contributed by atoms with Crippen LogP contribution in [0.1, 0.15) is 36.4 Å². The SMILES string of the molecule is CNC(C1=CCCC1)c1cc(C(F)(F)F)ccc1Br. The van der Waals surface area contributed by atoms with Crippen molar-refractivity contribution in [3.8, 4) is 0 Å². The average molecular weight is 334 g/mol. The Morgan fingerprint density at radius 1 is 1.32 bits per heavy atom. The first kappa shape index (κ1) is 14.6. The van der Waals surface area contributed by atoms with Crippen LogP contribution in [-0.4, -0.2) is 7.05 Å². The van der Waals surface area contributed by atoms with Crippen molar-refractivity contribution in [2.24, 2.45) is 0 Å². The Kier molecular flexibility index (Phi) is 4.36. The third-order valence-corrected chi connectivity index (χ3v) is 4.09. The molecule has 1 N–H and O–H groups in total. The van der Waals surface area contributed by atoms with Gasteiger partial charge in [-0.25, -0.2) is 0 Å². The molecule has 0 fully saturated rings. The Balaban J connectivity index is 2.41. The van der Waals surface area contributed by atoms with Gasteiger partial charge in [-0.3, -0.25) is 0 Å². The lowest BCUT2D eigenvalue weighted by molar-refractivity contribution is -0.137. The number of rotatable bonds is 3. The Morgan fingerprint density at radius 3 is 2.58 bits per heavy atom. The summed E-state index contributed by atoms with van der Waals surface area (Å²) in [6, 6.07) is 3.64. The summed E-state index contributed by atoms with van der Waals surface area (Å²) >= 11 is 3.35. The maximum absolute atomic E-state index is 12.8. The highest BCUT2D eigenvalue weighted by Crippen LogP contribution is 2.38. The van der Waals surface area contributed by atoms with Crippen LogP contribution in [0.25, 0.3) is 0 Å². The topological polar surface area (TPSA) is 12.0 Å². The molecule has 104 valence electrons. The third kappa shape index (κ3) is 3.20. The molecular weight excluding hydrogens is 319 g/mol. The molecule has 19 heavy (non-hydrogen) atoms. The first-order valence-electron chi connectivity index (χ1n) is 6.16. The van der Waals surface area contributed by atoms with Gasteiger partial charge in [-0.1, -0.05) is 27.6 Å². The number of likely N-dealkylation sites (N-methyl/N-ethyl adjacent to an activating group) is 1. The smallest absolute Gasteiger partial charge is 0.310 e. The summed E-state index contributed by atoms with van der Waals surface area (Å²) in [5, 5.41) is 3.11. The first-order chi connectivity index (χ1) is 8.93. The molecule has 0 saturated carbocycles. The van der Waals surface area contributed by atoms with Crippen LogP contribution in [0.3, 0.4) is 0 Å². The van der Waals surface area contributed by atoms with Crippen LogP contribution in [0, 0.1) is 0 Å². The van der Waals surface area contributed by atoms with Crippen molar-refractivity contribution in [3.63, 3.8) is 0 Å². The van der Waals surface area contributed by atoms with E-state index in [2.05, 4.69) is 27.3 Å². The zero-order valence-corrected chi connectivity index (χ0v) is 12.1. The molecule has 0 aromatic heterocycles. The van der Waals surface area contributed by atoms with Crippen molar-refractivity contribution < 1.29 is 13.2 Å². The zero-order chi connectivity index (χ0) is 14.0. The molecule has 1 unspecified atom stereocenters. The number of allylic oxidation sites excluding steroid dienone is 1. The molecule has 1 aromatic carbocycles. The van der Waals surface area contributed by atoms with Gasteiger partial charge in [-0.2, -0.15) is 13.2 Å². The van der Waals surface area contributed by atoms with Gasteiger partial charge >= 0.3 is 6.18 Å². The number of benzene rings is 1. The molecule has 0 bridgehead atoms. The minimum Gasteiger partial charge on any atom is -0.310 e. The Bertz CT molecular complexity index is 494. The van der Waals surface area contributed by atoms with Gasteiger partial charge in [0.25, 0.3) is 0 Å². The minimum absolute atomic E-state index is 0.154. The van der Waals surface area contributed by atoms with Crippen LogP contribution in [0.5, 0.6) is 0 Å². The second-order valence-corrected chi connectivity index (χ2v) is 5.48. The quantitative estimate of drug-likeness (QED) is 0.780. The highest BCUT2D eigenvalue weighted by molar-refractivity contribution is 9.10. The van der Waals surface area contributed by atoms with Gasteiger partial charge < -0.3 is 5.32 Å². The van der Waals surface area contributed by atoms with Gasteiger partial charge in [0, 0.05) is 4.47 Å². The third-order valence-electron chi connectivity index (χ3n) is 3.37. The van der Waals surface area contributed by atoms with E-state index < -0.39 is 11.7 Å². The van der Waals surface area contributed by atoms with E-state index in [1.165, 1.54) is 17.7 Å². The van der Waals surface area contributed by atoms with Crippen molar-refractivity contribution in [1.82, 2.24) is 5.32 Å². The van der Waals surface area contributed by atoms with Crippen molar-refractivity contribution >= 4 is 15.9 Å². The van der Waals surface area contributed by atoms with Crippen molar-refractivity contribution in [2.45, 2.75) is 31.5 Å². The van der Waals surface area contributed by atoms with Crippen LogP contribution in [0.15, 0.2) is 34.3 Å². The molecule has 0 spiro atoms. The first-order valence-corrected chi connectivity index (χ1v) is 6.95. The van der Waals surface area contributed by atoms with Gasteiger partial charge in [0.1, 0.15) is 0 Å². The Labute approximate surface area is 119 Å². The van der Waals surface area contributed by atoms with Crippen molar-refractivity contribution in [2.75, 3.05) is 7.05 Å². The molecule has 0 aliphatic heterocycles. The number of nitrogens with one attached hydrogen (secondary N) is 1. The second-order valence-electron chi connectivity index (χ2n) is 4.63. The van der Waals surface area contributed by atoms with E-state index in [4.69, 9.17) is 0 Å². The van der Waals surface area contributed by atoms with Crippen LogP contribution < -0.4 is 5.32 Å². The summed E-state index contributed by atoms with van der Waals surface area (Å²) < 4.78 is 39.1. The average Bonchev–Trinajstić information content (AvgIpc) is 2.84. The Morgan fingerprint density at radius 2 is 2.05 bits per heavy atom. The molecule has 0 amide bonds. The normalized spacial score (nSPS) is 17.4. The zero-order valence-electron chi connectivity index (χ0n) is 10.5. The minimum atomic E-state index is -4.31. The largest absolute Gasteiger partial charge is 0.416 e. The fourth-order valence-corrected chi connectivity index (χ4v) is 2.92. The van der Waals surface area contributed by atoms with Crippen LogP contribution >= 0.6 is 15.9 Å². The number of hydrogen-bond donors (Lipinski definition) is 1. The van der Waals surface area contributed by atoms with Gasteiger partial charge in [0.2, 0.25) is 0 Å². The van der Waals surface area contributed by atoms with E-state index >= 15 is 0 Å². The highest BCUT2D eigenvalue weighted by atomic mass is 79.9. The summed E-state index contributed by atoms with van der Waals surface area (Å²) in [6.07, 6.45) is 0.827. The molecule has 0 heterocycles. The summed E-state index contributed by atoms with van der Waals surface area (Å²) in [5.74, 6) is 0. The fourth-order valence-electron chi connectivity index (χ4n) is 2.44. The predicted octanol–water partition coefficient (Wildman–Crippen LogP) is 4.84. The molecule has 1 nitrogen and oxygen atoms in total. The van der Waals surface area contributed by atoms with Gasteiger partial charge in [0.15, 0.2) is 0 Å². The van der Waals surface area contributed by atoms with Gasteiger partial charge in [-0.05, 0) is 50.1 Å². The molecule has 1 aromatic rings. The summed E-state index contributed by atoms with van der Waals surface area (Å²) in [5.41, 5.74) is 1.21. The van der Waals surface area contributed by atoms with Crippen LogP contribution in [0.4, 0.5) is 13.2 Å². The van der Waals surface area contributed by atoms with Crippen molar-refractivity contribution in [1.29, 1.82) is 0 Å². The monoisotopic (exact) mass is 333 g/mol. The second kappa shape index (κ2) is 5.67. The number of alkyl halides is 3. The Hall–Kier alpha value is -0.810. The van der Waals surface area contributed by atoms with Crippen LogP contribution in [0.2, 0.25) is 0 Å². The molecule has 1 aliphatic rings. The van der Waals surface area contributed by atoms with E-state index in [-0.39, 0.29) is 6.04 Å².